The average molecular weight is 248 g/mol. The van der Waals surface area contributed by atoms with E-state index in [1.807, 2.05) is 41.5 Å². The maximum Gasteiger partial charge on any atom is 0.104 e. The zero-order valence-electron chi connectivity index (χ0n) is 12.0. The molecule has 0 spiro atoms. The average Bonchev–Trinajstić information content (AvgIpc) is 2.21. The minimum absolute atomic E-state index is 0.00750. The molecule has 0 aromatic carbocycles. The van der Waals surface area contributed by atoms with Crippen LogP contribution >= 0.6 is 0 Å². The number of aliphatic hydroxyl groups is 1. The first kappa shape index (κ1) is 16.8. The molecule has 0 aromatic rings. The summed E-state index contributed by atoms with van der Waals surface area (Å²) >= 11 is 0. The van der Waals surface area contributed by atoms with Crippen LogP contribution in [0.2, 0.25) is 0 Å². The minimum atomic E-state index is -0.531. The van der Waals surface area contributed by atoms with Gasteiger partial charge in [0.05, 0.1) is 37.6 Å². The molecule has 0 radical (unpaired) electrons. The van der Waals surface area contributed by atoms with E-state index in [1.165, 1.54) is 0 Å². The van der Waals surface area contributed by atoms with Crippen molar-refractivity contribution >= 4 is 0 Å². The molecule has 1 N–H and O–H groups in total. The van der Waals surface area contributed by atoms with Gasteiger partial charge in [0.15, 0.2) is 0 Å². The molecule has 0 saturated heterocycles. The van der Waals surface area contributed by atoms with Gasteiger partial charge in [-0.25, -0.2) is 0 Å². The number of hydrogen-bond acceptors (Lipinski definition) is 4. The molecule has 104 valence electrons. The van der Waals surface area contributed by atoms with Gasteiger partial charge in [0.25, 0.3) is 0 Å². The first-order chi connectivity index (χ1) is 7.76. The predicted octanol–water partition coefficient (Wildman–Crippen LogP) is 1.99. The van der Waals surface area contributed by atoms with Crippen LogP contribution in [0.4, 0.5) is 0 Å². The molecule has 0 bridgehead atoms. The Hall–Kier alpha value is -0.160. The van der Waals surface area contributed by atoms with Crippen molar-refractivity contribution in [2.24, 2.45) is 0 Å². The van der Waals surface area contributed by atoms with Crippen molar-refractivity contribution < 1.29 is 19.3 Å². The summed E-state index contributed by atoms with van der Waals surface area (Å²) in [5.74, 6) is 0. The summed E-state index contributed by atoms with van der Waals surface area (Å²) in [7, 11) is 0. The van der Waals surface area contributed by atoms with Crippen molar-refractivity contribution in [1.29, 1.82) is 0 Å². The monoisotopic (exact) mass is 248 g/mol. The second-order valence-corrected chi connectivity index (χ2v) is 5.42. The van der Waals surface area contributed by atoms with Crippen molar-refractivity contribution in [3.05, 3.63) is 0 Å². The van der Waals surface area contributed by atoms with Gasteiger partial charge in [-0.2, -0.15) is 0 Å². The summed E-state index contributed by atoms with van der Waals surface area (Å²) in [4.78, 5) is 0. The van der Waals surface area contributed by atoms with Crippen LogP contribution in [0.1, 0.15) is 41.5 Å². The molecule has 0 aliphatic heterocycles. The molecular formula is C13H28O4. The molecule has 1 unspecified atom stereocenters. The second kappa shape index (κ2) is 8.03. The summed E-state index contributed by atoms with van der Waals surface area (Å²) in [5, 5.41) is 9.11. The van der Waals surface area contributed by atoms with Crippen LogP contribution in [0.3, 0.4) is 0 Å². The topological polar surface area (TPSA) is 47.9 Å². The van der Waals surface area contributed by atoms with Gasteiger partial charge in [0.1, 0.15) is 6.10 Å². The molecule has 1 atom stereocenters. The smallest absolute Gasteiger partial charge is 0.104 e. The highest BCUT2D eigenvalue weighted by Crippen LogP contribution is 2.10. The molecule has 4 heteroatoms. The van der Waals surface area contributed by atoms with Crippen LogP contribution in [0, 0.1) is 0 Å². The Morgan fingerprint density at radius 2 is 1.59 bits per heavy atom. The summed E-state index contributed by atoms with van der Waals surface area (Å²) in [6.07, 6.45) is 0.221. The molecule has 0 amide bonds. The number of aliphatic hydroxyl groups excluding tert-OH is 1. The fourth-order valence-electron chi connectivity index (χ4n) is 1.18. The maximum absolute atomic E-state index is 9.11. The van der Waals surface area contributed by atoms with E-state index in [1.54, 1.807) is 0 Å². The molecule has 0 saturated carbocycles. The van der Waals surface area contributed by atoms with Gasteiger partial charge in [-0.3, -0.25) is 0 Å². The van der Waals surface area contributed by atoms with E-state index in [-0.39, 0.29) is 24.9 Å². The summed E-state index contributed by atoms with van der Waals surface area (Å²) < 4.78 is 16.9. The molecule has 4 nitrogen and oxygen atoms in total. The molecule has 0 aliphatic carbocycles. The van der Waals surface area contributed by atoms with Crippen LogP contribution in [-0.2, 0) is 14.2 Å². The van der Waals surface area contributed by atoms with Gasteiger partial charge < -0.3 is 19.3 Å². The lowest BCUT2D eigenvalue weighted by molar-refractivity contribution is -0.132. The fraction of sp³-hybridized carbons (Fsp3) is 1.00. The van der Waals surface area contributed by atoms with Crippen LogP contribution in [0.5, 0.6) is 0 Å². The van der Waals surface area contributed by atoms with Crippen LogP contribution < -0.4 is 0 Å². The maximum atomic E-state index is 9.11. The fourth-order valence-corrected chi connectivity index (χ4v) is 1.18. The predicted molar refractivity (Wildman–Crippen MR) is 68.2 cm³/mol. The van der Waals surface area contributed by atoms with Crippen molar-refractivity contribution in [1.82, 2.24) is 0 Å². The van der Waals surface area contributed by atoms with E-state index in [9.17, 15) is 0 Å². The van der Waals surface area contributed by atoms with Crippen LogP contribution in [-0.4, -0.2) is 48.8 Å². The highest BCUT2D eigenvalue weighted by atomic mass is 16.6. The molecule has 0 aliphatic rings. The standard InChI is InChI=1S/C13H28O4/c1-10(2)15-7-12(17-11(3)4)8-16-13(5,6)9-14/h10-12,14H,7-9H2,1-6H3. The molecule has 0 rings (SSSR count). The third kappa shape index (κ3) is 9.53. The van der Waals surface area contributed by atoms with Crippen LogP contribution in [0.25, 0.3) is 0 Å². The first-order valence-corrected chi connectivity index (χ1v) is 6.28. The van der Waals surface area contributed by atoms with Crippen molar-refractivity contribution in [3.8, 4) is 0 Å². The SMILES string of the molecule is CC(C)OCC(COC(C)(C)CO)OC(C)C. The Labute approximate surface area is 105 Å². The van der Waals surface area contributed by atoms with Crippen LogP contribution in [0.15, 0.2) is 0 Å². The molecule has 0 aromatic heterocycles. The van der Waals surface area contributed by atoms with E-state index in [0.29, 0.717) is 13.2 Å². The lowest BCUT2D eigenvalue weighted by Gasteiger charge is -2.27. The number of hydrogen-bond donors (Lipinski definition) is 1. The lowest BCUT2D eigenvalue weighted by Crippen LogP contribution is -2.36. The summed E-state index contributed by atoms with van der Waals surface area (Å²) in [5.41, 5.74) is -0.531. The van der Waals surface area contributed by atoms with E-state index >= 15 is 0 Å². The van der Waals surface area contributed by atoms with Crippen molar-refractivity contribution in [2.75, 3.05) is 19.8 Å². The lowest BCUT2D eigenvalue weighted by atomic mass is 10.1. The van der Waals surface area contributed by atoms with Gasteiger partial charge in [-0.15, -0.1) is 0 Å². The third-order valence-electron chi connectivity index (χ3n) is 2.12. The summed E-state index contributed by atoms with van der Waals surface area (Å²) in [6, 6.07) is 0. The highest BCUT2D eigenvalue weighted by Gasteiger charge is 2.21. The zero-order chi connectivity index (χ0) is 13.5. The molecule has 0 heterocycles. The summed E-state index contributed by atoms with van der Waals surface area (Å²) in [6.45, 7) is 12.6. The molecule has 0 fully saturated rings. The quantitative estimate of drug-likeness (QED) is 0.678. The number of rotatable bonds is 9. The number of ether oxygens (including phenoxy) is 3. The minimum Gasteiger partial charge on any atom is -0.393 e. The van der Waals surface area contributed by atoms with Gasteiger partial charge >= 0.3 is 0 Å². The molecule has 17 heavy (non-hydrogen) atoms. The largest absolute Gasteiger partial charge is 0.393 e. The Bertz CT molecular complexity index is 190. The third-order valence-corrected chi connectivity index (χ3v) is 2.12. The van der Waals surface area contributed by atoms with E-state index in [0.717, 1.165) is 0 Å². The van der Waals surface area contributed by atoms with E-state index < -0.39 is 5.60 Å². The Balaban J connectivity index is 4.09. The Morgan fingerprint density at radius 1 is 1.00 bits per heavy atom. The van der Waals surface area contributed by atoms with Gasteiger partial charge in [-0.05, 0) is 41.5 Å². The first-order valence-electron chi connectivity index (χ1n) is 6.28. The second-order valence-electron chi connectivity index (χ2n) is 5.42. The van der Waals surface area contributed by atoms with Gasteiger partial charge in [0, 0.05) is 0 Å². The van der Waals surface area contributed by atoms with Crippen molar-refractivity contribution in [2.45, 2.75) is 65.5 Å². The highest BCUT2D eigenvalue weighted by molar-refractivity contribution is 4.68. The normalized spacial score (nSPS) is 14.6. The van der Waals surface area contributed by atoms with Crippen molar-refractivity contribution in [3.63, 3.8) is 0 Å². The van der Waals surface area contributed by atoms with E-state index in [4.69, 9.17) is 19.3 Å². The zero-order valence-corrected chi connectivity index (χ0v) is 12.0. The van der Waals surface area contributed by atoms with Gasteiger partial charge in [0.2, 0.25) is 0 Å². The van der Waals surface area contributed by atoms with Gasteiger partial charge in [-0.1, -0.05) is 0 Å². The molecular weight excluding hydrogens is 220 g/mol. The Morgan fingerprint density at radius 3 is 2.00 bits per heavy atom. The van der Waals surface area contributed by atoms with E-state index in [2.05, 4.69) is 0 Å². The Kier molecular flexibility index (Phi) is 7.96.